The van der Waals surface area contributed by atoms with E-state index in [1.54, 1.807) is 38.5 Å². The first-order valence-corrected chi connectivity index (χ1v) is 14.1. The van der Waals surface area contributed by atoms with E-state index in [0.717, 1.165) is 6.07 Å². The van der Waals surface area contributed by atoms with Crippen LogP contribution < -0.4 is 9.47 Å². The van der Waals surface area contributed by atoms with Gasteiger partial charge in [-0.05, 0) is 48.0 Å². The molecule has 1 saturated heterocycles. The minimum atomic E-state index is -0.541. The van der Waals surface area contributed by atoms with Gasteiger partial charge < -0.3 is 19.1 Å². The van der Waals surface area contributed by atoms with E-state index in [1.165, 1.54) is 40.2 Å². The SMILES string of the molecule is COc1ccc(C2=NN(C(=O)CN(CCN3CCOCC3)C(=O)c3cccc(F)c3)[C@@H](c3ccc(F)cc3)C2)c(OC)c1. The fourth-order valence-corrected chi connectivity index (χ4v) is 5.26. The van der Waals surface area contributed by atoms with Gasteiger partial charge in [-0.15, -0.1) is 0 Å². The Balaban J connectivity index is 1.45. The van der Waals surface area contributed by atoms with Crippen molar-refractivity contribution >= 4 is 17.5 Å². The highest BCUT2D eigenvalue weighted by Gasteiger charge is 2.35. The van der Waals surface area contributed by atoms with Crippen molar-refractivity contribution in [2.75, 3.05) is 60.2 Å². The minimum absolute atomic E-state index is 0.151. The molecule has 2 heterocycles. The summed E-state index contributed by atoms with van der Waals surface area (Å²) < 4.78 is 44.2. The molecule has 0 bridgehead atoms. The standard InChI is InChI=1S/C32H34F2N4O5/c1-41-26-10-11-27(30(19-26)42-2)28-20-29(22-6-8-24(33)9-7-22)38(35-28)31(39)21-37(13-12-36-14-16-43-17-15-36)32(40)23-4-3-5-25(34)18-23/h3-11,18-19,29H,12-17,20-21H2,1-2H3/t29-/m1/s1. The van der Waals surface area contributed by atoms with E-state index in [2.05, 4.69) is 4.90 Å². The first-order valence-electron chi connectivity index (χ1n) is 14.1. The molecule has 226 valence electrons. The van der Waals surface area contributed by atoms with Gasteiger partial charge in [0, 0.05) is 49.8 Å². The summed E-state index contributed by atoms with van der Waals surface area (Å²) in [6, 6.07) is 16.1. The number of hydrazone groups is 1. The highest BCUT2D eigenvalue weighted by atomic mass is 19.1. The smallest absolute Gasteiger partial charge is 0.262 e. The van der Waals surface area contributed by atoms with Gasteiger partial charge in [0.25, 0.3) is 11.8 Å². The molecule has 2 amide bonds. The van der Waals surface area contributed by atoms with Gasteiger partial charge >= 0.3 is 0 Å². The van der Waals surface area contributed by atoms with E-state index in [0.29, 0.717) is 67.6 Å². The van der Waals surface area contributed by atoms with E-state index in [4.69, 9.17) is 19.3 Å². The molecule has 1 fully saturated rings. The number of rotatable bonds is 10. The number of methoxy groups -OCH3 is 2. The molecule has 0 radical (unpaired) electrons. The Morgan fingerprint density at radius 2 is 1.74 bits per heavy atom. The molecular formula is C32H34F2N4O5. The second kappa shape index (κ2) is 13.7. The zero-order valence-corrected chi connectivity index (χ0v) is 24.2. The van der Waals surface area contributed by atoms with E-state index < -0.39 is 29.5 Å². The van der Waals surface area contributed by atoms with Crippen LogP contribution in [0.5, 0.6) is 11.5 Å². The highest BCUT2D eigenvalue weighted by Crippen LogP contribution is 2.36. The Morgan fingerprint density at radius 3 is 2.44 bits per heavy atom. The summed E-state index contributed by atoms with van der Waals surface area (Å²) >= 11 is 0. The fourth-order valence-electron chi connectivity index (χ4n) is 5.26. The van der Waals surface area contributed by atoms with Crippen LogP contribution in [-0.4, -0.2) is 92.5 Å². The van der Waals surface area contributed by atoms with Gasteiger partial charge in [0.1, 0.15) is 29.7 Å². The number of hydrogen-bond acceptors (Lipinski definition) is 7. The monoisotopic (exact) mass is 592 g/mol. The van der Waals surface area contributed by atoms with Crippen LogP contribution in [0.25, 0.3) is 0 Å². The van der Waals surface area contributed by atoms with Crippen LogP contribution in [0.3, 0.4) is 0 Å². The van der Waals surface area contributed by atoms with Gasteiger partial charge in [-0.25, -0.2) is 13.8 Å². The molecule has 0 aliphatic carbocycles. The number of nitrogens with zero attached hydrogens (tertiary/aromatic N) is 4. The molecule has 3 aromatic rings. The van der Waals surface area contributed by atoms with Gasteiger partial charge in [-0.3, -0.25) is 14.5 Å². The zero-order chi connectivity index (χ0) is 30.3. The lowest BCUT2D eigenvalue weighted by atomic mass is 9.97. The first-order chi connectivity index (χ1) is 20.9. The molecule has 2 aliphatic rings. The zero-order valence-electron chi connectivity index (χ0n) is 24.2. The van der Waals surface area contributed by atoms with Crippen molar-refractivity contribution in [1.29, 1.82) is 0 Å². The minimum Gasteiger partial charge on any atom is -0.497 e. The second-order valence-electron chi connectivity index (χ2n) is 10.3. The molecule has 43 heavy (non-hydrogen) atoms. The van der Waals surface area contributed by atoms with E-state index in [1.807, 2.05) is 6.07 Å². The lowest BCUT2D eigenvalue weighted by Crippen LogP contribution is -2.46. The molecule has 1 atom stereocenters. The lowest BCUT2D eigenvalue weighted by Gasteiger charge is -2.31. The Labute approximate surface area is 249 Å². The number of hydrogen-bond donors (Lipinski definition) is 0. The topological polar surface area (TPSA) is 83.9 Å². The maximum absolute atomic E-state index is 14.0. The third-order valence-corrected chi connectivity index (χ3v) is 7.62. The van der Waals surface area contributed by atoms with Crippen molar-refractivity contribution in [1.82, 2.24) is 14.8 Å². The van der Waals surface area contributed by atoms with Crippen molar-refractivity contribution in [3.8, 4) is 11.5 Å². The quantitative estimate of drug-likeness (QED) is 0.352. The summed E-state index contributed by atoms with van der Waals surface area (Å²) in [5.74, 6) is -0.688. The summed E-state index contributed by atoms with van der Waals surface area (Å²) in [5, 5.41) is 6.07. The van der Waals surface area contributed by atoms with Gasteiger partial charge in [0.2, 0.25) is 0 Å². The predicted molar refractivity (Wildman–Crippen MR) is 156 cm³/mol. The summed E-state index contributed by atoms with van der Waals surface area (Å²) in [6.45, 7) is 3.11. The summed E-state index contributed by atoms with van der Waals surface area (Å²) in [6.07, 6.45) is 0.339. The summed E-state index contributed by atoms with van der Waals surface area (Å²) in [7, 11) is 3.10. The van der Waals surface area contributed by atoms with E-state index in [9.17, 15) is 18.4 Å². The van der Waals surface area contributed by atoms with Crippen LogP contribution in [-0.2, 0) is 9.53 Å². The average molecular weight is 593 g/mol. The molecule has 0 saturated carbocycles. The molecule has 0 spiro atoms. The molecule has 5 rings (SSSR count). The molecular weight excluding hydrogens is 558 g/mol. The number of carbonyl (C=O) groups is 2. The predicted octanol–water partition coefficient (Wildman–Crippen LogP) is 4.13. The Morgan fingerprint density at radius 1 is 0.977 bits per heavy atom. The van der Waals surface area contributed by atoms with Gasteiger partial charge in [0.05, 0.1) is 39.2 Å². The molecule has 11 heteroatoms. The Kier molecular flexibility index (Phi) is 9.63. The number of benzene rings is 3. The van der Waals surface area contributed by atoms with E-state index in [-0.39, 0.29) is 18.7 Å². The molecule has 0 unspecified atom stereocenters. The number of halogens is 2. The Bertz CT molecular complexity index is 1480. The van der Waals surface area contributed by atoms with Crippen molar-refractivity contribution in [2.45, 2.75) is 12.5 Å². The van der Waals surface area contributed by atoms with Crippen molar-refractivity contribution in [3.05, 3.63) is 95.1 Å². The molecule has 0 N–H and O–H groups in total. The van der Waals surface area contributed by atoms with Crippen molar-refractivity contribution in [3.63, 3.8) is 0 Å². The largest absolute Gasteiger partial charge is 0.497 e. The normalized spacial score (nSPS) is 17.0. The third kappa shape index (κ3) is 7.18. The fraction of sp³-hybridized carbons (Fsp3) is 0.344. The number of carbonyl (C=O) groups excluding carboxylic acids is 2. The van der Waals surface area contributed by atoms with Crippen LogP contribution >= 0.6 is 0 Å². The molecule has 0 aromatic heterocycles. The second-order valence-corrected chi connectivity index (χ2v) is 10.3. The van der Waals surface area contributed by atoms with Crippen LogP contribution in [0.1, 0.15) is 33.9 Å². The summed E-state index contributed by atoms with van der Waals surface area (Å²) in [5.41, 5.74) is 2.12. The molecule has 3 aromatic carbocycles. The highest BCUT2D eigenvalue weighted by molar-refractivity contribution is 6.05. The maximum Gasteiger partial charge on any atom is 0.262 e. The van der Waals surface area contributed by atoms with Gasteiger partial charge in [-0.1, -0.05) is 18.2 Å². The average Bonchev–Trinajstić information content (AvgIpc) is 3.48. The number of morpholine rings is 1. The van der Waals surface area contributed by atoms with Crippen LogP contribution in [0.15, 0.2) is 71.8 Å². The van der Waals surface area contributed by atoms with Gasteiger partial charge in [-0.2, -0.15) is 5.10 Å². The van der Waals surface area contributed by atoms with Crippen molar-refractivity contribution in [2.24, 2.45) is 5.10 Å². The van der Waals surface area contributed by atoms with Crippen molar-refractivity contribution < 1.29 is 32.6 Å². The molecule has 2 aliphatic heterocycles. The maximum atomic E-state index is 14.0. The molecule has 9 nitrogen and oxygen atoms in total. The third-order valence-electron chi connectivity index (χ3n) is 7.62. The van der Waals surface area contributed by atoms with Crippen LogP contribution in [0.4, 0.5) is 8.78 Å². The Hall–Kier alpha value is -4.35. The first kappa shape index (κ1) is 30.1. The van der Waals surface area contributed by atoms with E-state index >= 15 is 0 Å². The van der Waals surface area contributed by atoms with Crippen LogP contribution in [0, 0.1) is 11.6 Å². The summed E-state index contributed by atoms with van der Waals surface area (Å²) in [4.78, 5) is 31.1. The number of ether oxygens (including phenoxy) is 3. The van der Waals surface area contributed by atoms with Gasteiger partial charge in [0.15, 0.2) is 0 Å². The lowest BCUT2D eigenvalue weighted by molar-refractivity contribution is -0.133. The number of amides is 2. The van der Waals surface area contributed by atoms with Crippen LogP contribution in [0.2, 0.25) is 0 Å².